The number of halogens is 1. The second kappa shape index (κ2) is 4.63. The van der Waals surface area contributed by atoms with E-state index in [1.54, 1.807) is 14.2 Å². The molecule has 0 aromatic heterocycles. The van der Waals surface area contributed by atoms with E-state index in [1.165, 1.54) is 12.0 Å². The quantitative estimate of drug-likeness (QED) is 0.925. The molecule has 0 aliphatic heterocycles. The van der Waals surface area contributed by atoms with Gasteiger partial charge in [-0.25, -0.2) is 0 Å². The van der Waals surface area contributed by atoms with Crippen molar-refractivity contribution in [2.24, 2.45) is 11.7 Å². The Labute approximate surface area is 104 Å². The second-order valence-corrected chi connectivity index (χ2v) is 4.92. The fourth-order valence-electron chi connectivity index (χ4n) is 2.04. The molecule has 0 bridgehead atoms. The third-order valence-electron chi connectivity index (χ3n) is 3.13. The van der Waals surface area contributed by atoms with Gasteiger partial charge in [0.1, 0.15) is 0 Å². The van der Waals surface area contributed by atoms with Crippen LogP contribution in [0.4, 0.5) is 0 Å². The average molecular weight is 286 g/mol. The highest BCUT2D eigenvalue weighted by Crippen LogP contribution is 2.51. The van der Waals surface area contributed by atoms with Gasteiger partial charge in [0.2, 0.25) is 0 Å². The van der Waals surface area contributed by atoms with E-state index in [1.807, 2.05) is 12.1 Å². The zero-order chi connectivity index (χ0) is 11.7. The highest BCUT2D eigenvalue weighted by atomic mass is 79.9. The van der Waals surface area contributed by atoms with Crippen LogP contribution in [0.15, 0.2) is 16.6 Å². The molecule has 1 fully saturated rings. The van der Waals surface area contributed by atoms with Crippen LogP contribution in [0.2, 0.25) is 0 Å². The van der Waals surface area contributed by atoms with Gasteiger partial charge < -0.3 is 15.2 Å². The Hall–Kier alpha value is -0.740. The van der Waals surface area contributed by atoms with E-state index < -0.39 is 0 Å². The maximum absolute atomic E-state index is 5.67. The molecule has 1 saturated carbocycles. The van der Waals surface area contributed by atoms with Crippen molar-refractivity contribution in [3.8, 4) is 11.5 Å². The maximum atomic E-state index is 5.67. The molecule has 1 aromatic rings. The Morgan fingerprint density at radius 2 is 1.94 bits per heavy atom. The Morgan fingerprint density at radius 3 is 2.44 bits per heavy atom. The van der Waals surface area contributed by atoms with Crippen LogP contribution < -0.4 is 15.2 Å². The van der Waals surface area contributed by atoms with E-state index in [0.29, 0.717) is 11.8 Å². The normalized spacial score (nSPS) is 23.0. The largest absolute Gasteiger partial charge is 0.493 e. The summed E-state index contributed by atoms with van der Waals surface area (Å²) in [6.07, 6.45) is 1.17. The number of hydrogen-bond acceptors (Lipinski definition) is 3. The highest BCUT2D eigenvalue weighted by Gasteiger charge is 2.38. The van der Waals surface area contributed by atoms with Crippen molar-refractivity contribution in [3.63, 3.8) is 0 Å². The summed E-state index contributed by atoms with van der Waals surface area (Å²) < 4.78 is 11.6. The van der Waals surface area contributed by atoms with E-state index in [2.05, 4.69) is 15.9 Å². The molecule has 0 radical (unpaired) electrons. The van der Waals surface area contributed by atoms with Crippen LogP contribution in [0.1, 0.15) is 17.9 Å². The number of nitrogens with two attached hydrogens (primary N) is 1. The Kier molecular flexibility index (Phi) is 3.40. The Bertz CT molecular complexity index is 395. The monoisotopic (exact) mass is 285 g/mol. The summed E-state index contributed by atoms with van der Waals surface area (Å²) in [5.41, 5.74) is 6.94. The SMILES string of the molecule is COc1cc(Br)c(C2CC2CN)cc1OC. The lowest BCUT2D eigenvalue weighted by molar-refractivity contribution is 0.354. The molecular weight excluding hydrogens is 270 g/mol. The fraction of sp³-hybridized carbons (Fsp3) is 0.500. The van der Waals surface area contributed by atoms with E-state index >= 15 is 0 Å². The van der Waals surface area contributed by atoms with Crippen LogP contribution in [-0.4, -0.2) is 20.8 Å². The lowest BCUT2D eigenvalue weighted by Crippen LogP contribution is -2.02. The van der Waals surface area contributed by atoms with Crippen molar-refractivity contribution in [1.29, 1.82) is 0 Å². The summed E-state index contributed by atoms with van der Waals surface area (Å²) in [4.78, 5) is 0. The van der Waals surface area contributed by atoms with E-state index in [-0.39, 0.29) is 0 Å². The van der Waals surface area contributed by atoms with Crippen molar-refractivity contribution in [2.45, 2.75) is 12.3 Å². The summed E-state index contributed by atoms with van der Waals surface area (Å²) in [5, 5.41) is 0. The minimum absolute atomic E-state index is 0.569. The number of hydrogen-bond donors (Lipinski definition) is 1. The Balaban J connectivity index is 2.32. The highest BCUT2D eigenvalue weighted by molar-refractivity contribution is 9.10. The van der Waals surface area contributed by atoms with Gasteiger partial charge in [-0.1, -0.05) is 15.9 Å². The molecule has 16 heavy (non-hydrogen) atoms. The van der Waals surface area contributed by atoms with Crippen LogP contribution in [0.25, 0.3) is 0 Å². The molecule has 0 spiro atoms. The smallest absolute Gasteiger partial charge is 0.161 e. The van der Waals surface area contributed by atoms with Gasteiger partial charge in [0.25, 0.3) is 0 Å². The van der Waals surface area contributed by atoms with Crippen molar-refractivity contribution in [3.05, 3.63) is 22.2 Å². The minimum Gasteiger partial charge on any atom is -0.493 e. The van der Waals surface area contributed by atoms with Gasteiger partial charge in [-0.15, -0.1) is 0 Å². The molecule has 0 saturated heterocycles. The molecule has 1 aromatic carbocycles. The molecule has 3 nitrogen and oxygen atoms in total. The standard InChI is InChI=1S/C12H16BrNO2/c1-15-11-4-9(8-3-7(8)6-14)10(13)5-12(11)16-2/h4-5,7-8H,3,6,14H2,1-2H3. The molecule has 2 unspecified atom stereocenters. The third-order valence-corrected chi connectivity index (χ3v) is 3.81. The number of benzene rings is 1. The van der Waals surface area contributed by atoms with E-state index in [4.69, 9.17) is 15.2 Å². The topological polar surface area (TPSA) is 44.5 Å². The van der Waals surface area contributed by atoms with Gasteiger partial charge >= 0.3 is 0 Å². The van der Waals surface area contributed by atoms with E-state index in [9.17, 15) is 0 Å². The number of rotatable bonds is 4. The van der Waals surface area contributed by atoms with Gasteiger partial charge in [0, 0.05) is 4.47 Å². The molecule has 2 N–H and O–H groups in total. The van der Waals surface area contributed by atoms with Crippen molar-refractivity contribution in [2.75, 3.05) is 20.8 Å². The third kappa shape index (κ3) is 2.04. The molecule has 2 rings (SSSR count). The Morgan fingerprint density at radius 1 is 1.31 bits per heavy atom. The average Bonchev–Trinajstić information content (AvgIpc) is 3.07. The van der Waals surface area contributed by atoms with Gasteiger partial charge in [-0.05, 0) is 42.5 Å². The van der Waals surface area contributed by atoms with Gasteiger partial charge in [0.05, 0.1) is 14.2 Å². The van der Waals surface area contributed by atoms with Crippen LogP contribution in [0.5, 0.6) is 11.5 Å². The summed E-state index contributed by atoms with van der Waals surface area (Å²) in [7, 11) is 3.30. The summed E-state index contributed by atoms with van der Waals surface area (Å²) >= 11 is 3.57. The predicted octanol–water partition coefficient (Wildman–Crippen LogP) is 2.53. The summed E-state index contributed by atoms with van der Waals surface area (Å²) in [6.45, 7) is 0.755. The summed E-state index contributed by atoms with van der Waals surface area (Å²) in [5.74, 6) is 2.72. The fourth-order valence-corrected chi connectivity index (χ4v) is 2.66. The molecule has 0 heterocycles. The van der Waals surface area contributed by atoms with Crippen molar-refractivity contribution >= 4 is 15.9 Å². The molecule has 0 amide bonds. The molecule has 2 atom stereocenters. The van der Waals surface area contributed by atoms with Crippen LogP contribution >= 0.6 is 15.9 Å². The molecule has 1 aliphatic rings. The lowest BCUT2D eigenvalue weighted by Gasteiger charge is -2.11. The predicted molar refractivity (Wildman–Crippen MR) is 67.1 cm³/mol. The van der Waals surface area contributed by atoms with Crippen LogP contribution in [0.3, 0.4) is 0 Å². The molecular formula is C12H16BrNO2. The first-order valence-corrected chi connectivity index (χ1v) is 6.12. The van der Waals surface area contributed by atoms with Crippen LogP contribution in [-0.2, 0) is 0 Å². The van der Waals surface area contributed by atoms with E-state index in [0.717, 1.165) is 22.5 Å². The molecule has 1 aliphatic carbocycles. The van der Waals surface area contributed by atoms with Crippen molar-refractivity contribution < 1.29 is 9.47 Å². The zero-order valence-corrected chi connectivity index (χ0v) is 11.1. The number of methoxy groups -OCH3 is 2. The van der Waals surface area contributed by atoms with Crippen LogP contribution in [0, 0.1) is 5.92 Å². The lowest BCUT2D eigenvalue weighted by atomic mass is 10.1. The first kappa shape index (κ1) is 11.7. The van der Waals surface area contributed by atoms with Gasteiger partial charge in [0.15, 0.2) is 11.5 Å². The second-order valence-electron chi connectivity index (χ2n) is 4.07. The van der Waals surface area contributed by atoms with Crippen molar-refractivity contribution in [1.82, 2.24) is 0 Å². The van der Waals surface area contributed by atoms with Gasteiger partial charge in [-0.2, -0.15) is 0 Å². The number of ether oxygens (including phenoxy) is 2. The van der Waals surface area contributed by atoms with Gasteiger partial charge in [-0.3, -0.25) is 0 Å². The molecule has 4 heteroatoms. The molecule has 88 valence electrons. The maximum Gasteiger partial charge on any atom is 0.161 e. The summed E-state index contributed by atoms with van der Waals surface area (Å²) in [6, 6.07) is 4.00. The zero-order valence-electron chi connectivity index (χ0n) is 9.50. The first-order chi connectivity index (χ1) is 7.71. The first-order valence-electron chi connectivity index (χ1n) is 5.32. The minimum atomic E-state index is 0.569.